The number of carbonyl (C=O) groups is 2. The maximum atomic E-state index is 13.6. The molecule has 0 atom stereocenters. The number of hydrogen-bond donors (Lipinski definition) is 0. The van der Waals surface area contributed by atoms with Crippen molar-refractivity contribution in [1.29, 1.82) is 5.26 Å². The highest BCUT2D eigenvalue weighted by Gasteiger charge is 2.41. The molecule has 0 radical (unpaired) electrons. The molecule has 0 aromatic heterocycles. The Morgan fingerprint density at radius 2 is 1.58 bits per heavy atom. The molecule has 3 aromatic rings. The monoisotopic (exact) mass is 437 g/mol. The zero-order valence-electron chi connectivity index (χ0n) is 18.5. The highest BCUT2D eigenvalue weighted by atomic mass is 16.5. The molecule has 6 heteroatoms. The second-order valence-electron chi connectivity index (χ2n) is 7.63. The van der Waals surface area contributed by atoms with Gasteiger partial charge in [0.1, 0.15) is 11.4 Å². The Balaban J connectivity index is 1.77. The van der Waals surface area contributed by atoms with Crippen LogP contribution in [0.1, 0.15) is 23.6 Å². The van der Waals surface area contributed by atoms with Crippen LogP contribution in [-0.4, -0.2) is 30.4 Å². The van der Waals surface area contributed by atoms with Crippen LogP contribution in [0.5, 0.6) is 5.75 Å². The van der Waals surface area contributed by atoms with Crippen molar-refractivity contribution in [3.63, 3.8) is 0 Å². The van der Waals surface area contributed by atoms with Gasteiger partial charge in [-0.15, -0.1) is 0 Å². The molecule has 2 amide bonds. The molecule has 0 spiro atoms. The minimum Gasteiger partial charge on any atom is -0.494 e. The standard InChI is InChI=1S/C27H23N3O3/c1-3-33-23-15-11-21(12-16-23)24-25(29(2)18-20-7-5-4-6-8-20)27(32)30(26(24)31)22-13-9-19(17-28)10-14-22/h4-16H,3,18H2,1-2H3. The first-order chi connectivity index (χ1) is 16.0. The number of hydrogen-bond acceptors (Lipinski definition) is 5. The number of benzene rings is 3. The van der Waals surface area contributed by atoms with Crippen LogP contribution in [0.4, 0.5) is 5.69 Å². The molecular formula is C27H23N3O3. The molecule has 0 unspecified atom stereocenters. The average Bonchev–Trinajstić information content (AvgIpc) is 3.10. The third-order valence-electron chi connectivity index (χ3n) is 5.41. The summed E-state index contributed by atoms with van der Waals surface area (Å²) < 4.78 is 5.52. The van der Waals surface area contributed by atoms with Crippen LogP contribution in [0, 0.1) is 11.3 Å². The molecule has 4 rings (SSSR count). The first kappa shape index (κ1) is 21.8. The van der Waals surface area contributed by atoms with Gasteiger partial charge in [-0.3, -0.25) is 9.59 Å². The lowest BCUT2D eigenvalue weighted by Gasteiger charge is -2.21. The van der Waals surface area contributed by atoms with Gasteiger partial charge < -0.3 is 9.64 Å². The minimum absolute atomic E-state index is 0.331. The van der Waals surface area contributed by atoms with E-state index in [1.807, 2.05) is 49.2 Å². The Hall–Kier alpha value is -4.37. The number of imide groups is 1. The molecule has 164 valence electrons. The van der Waals surface area contributed by atoms with Crippen LogP contribution in [0.2, 0.25) is 0 Å². The van der Waals surface area contributed by atoms with Crippen molar-refractivity contribution in [1.82, 2.24) is 4.90 Å². The van der Waals surface area contributed by atoms with E-state index in [-0.39, 0.29) is 0 Å². The van der Waals surface area contributed by atoms with E-state index in [1.165, 1.54) is 4.90 Å². The van der Waals surface area contributed by atoms with Crippen LogP contribution < -0.4 is 9.64 Å². The molecule has 1 heterocycles. The van der Waals surface area contributed by atoms with Gasteiger partial charge in [-0.2, -0.15) is 5.26 Å². The number of likely N-dealkylation sites (N-methyl/N-ethyl adjacent to an activating group) is 1. The van der Waals surface area contributed by atoms with Gasteiger partial charge in [0, 0.05) is 13.6 Å². The van der Waals surface area contributed by atoms with Gasteiger partial charge in [0.25, 0.3) is 11.8 Å². The van der Waals surface area contributed by atoms with Crippen molar-refractivity contribution in [2.45, 2.75) is 13.5 Å². The van der Waals surface area contributed by atoms with Gasteiger partial charge in [0.15, 0.2) is 0 Å². The number of nitriles is 1. The summed E-state index contributed by atoms with van der Waals surface area (Å²) in [5, 5.41) is 9.08. The van der Waals surface area contributed by atoms with Crippen LogP contribution in [0.15, 0.2) is 84.6 Å². The summed E-state index contributed by atoms with van der Waals surface area (Å²) in [6.07, 6.45) is 0. The van der Waals surface area contributed by atoms with E-state index < -0.39 is 11.8 Å². The van der Waals surface area contributed by atoms with Crippen molar-refractivity contribution in [3.05, 3.63) is 101 Å². The smallest absolute Gasteiger partial charge is 0.282 e. The van der Waals surface area contributed by atoms with Gasteiger partial charge in [0.05, 0.1) is 29.5 Å². The molecule has 0 saturated heterocycles. The minimum atomic E-state index is -0.399. The summed E-state index contributed by atoms with van der Waals surface area (Å²) >= 11 is 0. The van der Waals surface area contributed by atoms with E-state index in [1.54, 1.807) is 48.5 Å². The molecule has 0 bridgehead atoms. The number of nitrogens with zero attached hydrogens (tertiary/aromatic N) is 3. The lowest BCUT2D eigenvalue weighted by Crippen LogP contribution is -2.34. The van der Waals surface area contributed by atoms with Gasteiger partial charge in [-0.05, 0) is 54.4 Å². The second kappa shape index (κ2) is 9.41. The van der Waals surface area contributed by atoms with E-state index in [0.29, 0.717) is 47.0 Å². The van der Waals surface area contributed by atoms with Crippen molar-refractivity contribution in [3.8, 4) is 11.8 Å². The molecule has 6 nitrogen and oxygen atoms in total. The molecule has 3 aromatic carbocycles. The highest BCUT2D eigenvalue weighted by Crippen LogP contribution is 2.35. The summed E-state index contributed by atoms with van der Waals surface area (Å²) in [4.78, 5) is 30.1. The molecule has 0 N–H and O–H groups in total. The Morgan fingerprint density at radius 1 is 0.909 bits per heavy atom. The third kappa shape index (κ3) is 4.35. The van der Waals surface area contributed by atoms with E-state index in [2.05, 4.69) is 6.07 Å². The fourth-order valence-corrected chi connectivity index (χ4v) is 3.87. The Kier molecular flexibility index (Phi) is 6.23. The van der Waals surface area contributed by atoms with Gasteiger partial charge in [-0.1, -0.05) is 42.5 Å². The Bertz CT molecular complexity index is 1240. The maximum Gasteiger partial charge on any atom is 0.282 e. The van der Waals surface area contributed by atoms with E-state index in [0.717, 1.165) is 5.56 Å². The summed E-state index contributed by atoms with van der Waals surface area (Å²) in [7, 11) is 1.81. The predicted octanol–water partition coefficient (Wildman–Crippen LogP) is 4.37. The van der Waals surface area contributed by atoms with E-state index in [9.17, 15) is 9.59 Å². The number of carbonyl (C=O) groups excluding carboxylic acids is 2. The lowest BCUT2D eigenvalue weighted by molar-refractivity contribution is -0.120. The van der Waals surface area contributed by atoms with Crippen molar-refractivity contribution < 1.29 is 14.3 Å². The topological polar surface area (TPSA) is 73.6 Å². The predicted molar refractivity (Wildman–Crippen MR) is 126 cm³/mol. The molecule has 0 fully saturated rings. The number of amides is 2. The summed E-state index contributed by atoms with van der Waals surface area (Å²) in [5.41, 5.74) is 3.22. The molecule has 0 saturated carbocycles. The lowest BCUT2D eigenvalue weighted by atomic mass is 10.0. The molecule has 0 aliphatic carbocycles. The number of anilines is 1. The van der Waals surface area contributed by atoms with Crippen LogP contribution in [-0.2, 0) is 16.1 Å². The van der Waals surface area contributed by atoms with Gasteiger partial charge >= 0.3 is 0 Å². The van der Waals surface area contributed by atoms with Crippen molar-refractivity contribution in [2.75, 3.05) is 18.6 Å². The summed E-state index contributed by atoms with van der Waals surface area (Å²) in [6, 6.07) is 25.4. The van der Waals surface area contributed by atoms with Crippen molar-refractivity contribution in [2.24, 2.45) is 0 Å². The van der Waals surface area contributed by atoms with E-state index >= 15 is 0 Å². The quantitative estimate of drug-likeness (QED) is 0.513. The molecule has 33 heavy (non-hydrogen) atoms. The largest absolute Gasteiger partial charge is 0.494 e. The SMILES string of the molecule is CCOc1ccc(C2=C(N(C)Cc3ccccc3)C(=O)N(c3ccc(C#N)cc3)C2=O)cc1. The molecule has 1 aliphatic heterocycles. The maximum absolute atomic E-state index is 13.6. The average molecular weight is 437 g/mol. The fourth-order valence-electron chi connectivity index (χ4n) is 3.87. The van der Waals surface area contributed by atoms with Gasteiger partial charge in [0.2, 0.25) is 0 Å². The highest BCUT2D eigenvalue weighted by molar-refractivity contribution is 6.45. The van der Waals surface area contributed by atoms with Crippen LogP contribution in [0.25, 0.3) is 5.57 Å². The molecular weight excluding hydrogens is 414 g/mol. The number of ether oxygens (including phenoxy) is 1. The zero-order chi connectivity index (χ0) is 23.4. The number of rotatable bonds is 7. The van der Waals surface area contributed by atoms with Crippen LogP contribution >= 0.6 is 0 Å². The van der Waals surface area contributed by atoms with Crippen molar-refractivity contribution >= 4 is 23.1 Å². The Labute approximate surface area is 192 Å². The first-order valence-corrected chi connectivity index (χ1v) is 10.6. The zero-order valence-corrected chi connectivity index (χ0v) is 18.5. The van der Waals surface area contributed by atoms with Gasteiger partial charge in [-0.25, -0.2) is 4.90 Å². The summed E-state index contributed by atoms with van der Waals surface area (Å²) in [6.45, 7) is 2.91. The second-order valence-corrected chi connectivity index (χ2v) is 7.63. The molecule has 1 aliphatic rings. The Morgan fingerprint density at radius 3 is 2.18 bits per heavy atom. The van der Waals surface area contributed by atoms with Crippen LogP contribution in [0.3, 0.4) is 0 Å². The summed E-state index contributed by atoms with van der Waals surface area (Å²) in [5.74, 6) is -0.0995. The van der Waals surface area contributed by atoms with E-state index in [4.69, 9.17) is 10.00 Å². The normalized spacial score (nSPS) is 13.3. The fraction of sp³-hybridized carbons (Fsp3) is 0.148. The first-order valence-electron chi connectivity index (χ1n) is 10.6. The third-order valence-corrected chi connectivity index (χ3v) is 5.41.